The van der Waals surface area contributed by atoms with E-state index in [4.69, 9.17) is 23.2 Å². The van der Waals surface area contributed by atoms with Gasteiger partial charge in [-0.1, -0.05) is 77.4 Å². The van der Waals surface area contributed by atoms with Gasteiger partial charge in [0.05, 0.1) is 17.3 Å². The van der Waals surface area contributed by atoms with E-state index in [2.05, 4.69) is 15.5 Å². The Morgan fingerprint density at radius 1 is 1.03 bits per heavy atom. The summed E-state index contributed by atoms with van der Waals surface area (Å²) in [7, 11) is 0. The van der Waals surface area contributed by atoms with Crippen LogP contribution >= 0.6 is 35.0 Å². The lowest BCUT2D eigenvalue weighted by Gasteiger charge is -2.12. The van der Waals surface area contributed by atoms with E-state index in [-0.39, 0.29) is 18.3 Å². The van der Waals surface area contributed by atoms with Crippen LogP contribution < -0.4 is 5.32 Å². The van der Waals surface area contributed by atoms with Crippen LogP contribution in [-0.2, 0) is 17.1 Å². The number of thioether (sulfide) groups is 1. The molecule has 0 aliphatic rings. The third-order valence-electron chi connectivity index (χ3n) is 4.78. The van der Waals surface area contributed by atoms with Gasteiger partial charge in [-0.05, 0) is 47.5 Å². The number of halogens is 3. The first-order valence-electron chi connectivity index (χ1n) is 10.3. The molecule has 172 valence electrons. The van der Waals surface area contributed by atoms with Crippen LogP contribution in [0.1, 0.15) is 17.0 Å². The second kappa shape index (κ2) is 11.3. The van der Waals surface area contributed by atoms with Gasteiger partial charge in [-0.3, -0.25) is 9.36 Å². The number of rotatable bonds is 8. The molecule has 0 atom stereocenters. The van der Waals surface area contributed by atoms with Gasteiger partial charge < -0.3 is 5.32 Å². The number of hydrogen-bond acceptors (Lipinski definition) is 4. The van der Waals surface area contributed by atoms with Gasteiger partial charge in [0.15, 0.2) is 11.0 Å². The lowest BCUT2D eigenvalue weighted by molar-refractivity contribution is -0.116. The topological polar surface area (TPSA) is 59.8 Å². The molecule has 0 saturated heterocycles. The molecule has 34 heavy (non-hydrogen) atoms. The van der Waals surface area contributed by atoms with Gasteiger partial charge in [0.25, 0.3) is 0 Å². The van der Waals surface area contributed by atoms with Crippen molar-refractivity contribution in [1.82, 2.24) is 20.1 Å². The number of nitrogens with one attached hydrogen (secondary N) is 1. The zero-order valence-corrected chi connectivity index (χ0v) is 20.1. The fourth-order valence-corrected chi connectivity index (χ4v) is 4.39. The zero-order chi connectivity index (χ0) is 23.9. The van der Waals surface area contributed by atoms with Crippen molar-refractivity contribution in [3.8, 4) is 5.69 Å². The summed E-state index contributed by atoms with van der Waals surface area (Å²) in [5, 5.41) is 12.9. The van der Waals surface area contributed by atoms with Crippen molar-refractivity contribution in [1.29, 1.82) is 0 Å². The first-order chi connectivity index (χ1) is 16.5. The van der Waals surface area contributed by atoms with Gasteiger partial charge in [0, 0.05) is 16.9 Å². The largest absolute Gasteiger partial charge is 0.345 e. The minimum Gasteiger partial charge on any atom is -0.345 e. The Morgan fingerprint density at radius 3 is 2.56 bits per heavy atom. The first kappa shape index (κ1) is 24.0. The van der Waals surface area contributed by atoms with Gasteiger partial charge >= 0.3 is 0 Å². The average Bonchev–Trinajstić information content (AvgIpc) is 3.25. The van der Waals surface area contributed by atoms with E-state index >= 15 is 0 Å². The number of hydrogen-bond donors (Lipinski definition) is 1. The Bertz CT molecular complexity index is 1310. The SMILES string of the molecule is O=C(/C=C/c1ccccc1)NCc1nnc(SCc2ccc(F)cc2)n1-c1cc(Cl)ccc1Cl. The number of benzene rings is 3. The predicted molar refractivity (Wildman–Crippen MR) is 135 cm³/mol. The van der Waals surface area contributed by atoms with Crippen molar-refractivity contribution >= 4 is 46.9 Å². The molecule has 0 fully saturated rings. The molecule has 0 saturated carbocycles. The molecule has 1 heterocycles. The molecule has 9 heteroatoms. The van der Waals surface area contributed by atoms with Gasteiger partial charge in [-0.15, -0.1) is 10.2 Å². The van der Waals surface area contributed by atoms with Gasteiger partial charge in [-0.2, -0.15) is 0 Å². The summed E-state index contributed by atoms with van der Waals surface area (Å²) in [4.78, 5) is 12.4. The molecule has 5 nitrogen and oxygen atoms in total. The highest BCUT2D eigenvalue weighted by Gasteiger charge is 2.18. The van der Waals surface area contributed by atoms with Crippen molar-refractivity contribution in [3.63, 3.8) is 0 Å². The highest BCUT2D eigenvalue weighted by Crippen LogP contribution is 2.31. The molecule has 3 aromatic carbocycles. The molecule has 0 bridgehead atoms. The number of aromatic nitrogens is 3. The first-order valence-corrected chi connectivity index (χ1v) is 12.0. The summed E-state index contributed by atoms with van der Waals surface area (Å²) in [5.74, 6) is 0.480. The van der Waals surface area contributed by atoms with Crippen LogP contribution in [0.4, 0.5) is 4.39 Å². The highest BCUT2D eigenvalue weighted by molar-refractivity contribution is 7.98. The molecule has 0 spiro atoms. The Morgan fingerprint density at radius 2 is 1.79 bits per heavy atom. The molecule has 0 radical (unpaired) electrons. The van der Waals surface area contributed by atoms with Gasteiger partial charge in [-0.25, -0.2) is 4.39 Å². The van der Waals surface area contributed by atoms with E-state index in [0.717, 1.165) is 11.1 Å². The Hall–Kier alpha value is -3.13. The summed E-state index contributed by atoms with van der Waals surface area (Å²) >= 11 is 14.1. The standard InChI is InChI=1S/C25H19Cl2FN4OS/c26-19-9-12-21(27)22(14-19)32-23(15-29-24(33)13-8-17-4-2-1-3-5-17)30-31-25(32)34-16-18-6-10-20(28)11-7-18/h1-14H,15-16H2,(H,29,33)/b13-8+. The number of carbonyl (C=O) groups is 1. The van der Waals surface area contributed by atoms with Crippen molar-refractivity contribution in [3.05, 3.63) is 112 Å². The van der Waals surface area contributed by atoms with Crippen molar-refractivity contribution < 1.29 is 9.18 Å². The quantitative estimate of drug-likeness (QED) is 0.221. The van der Waals surface area contributed by atoms with Gasteiger partial charge in [0.1, 0.15) is 5.82 Å². The summed E-state index contributed by atoms with van der Waals surface area (Å²) in [5.41, 5.74) is 2.45. The number of carbonyl (C=O) groups excluding carboxylic acids is 1. The number of amides is 1. The van der Waals surface area contributed by atoms with E-state index in [0.29, 0.717) is 32.5 Å². The average molecular weight is 513 g/mol. The zero-order valence-electron chi connectivity index (χ0n) is 17.8. The van der Waals surface area contributed by atoms with E-state index in [1.165, 1.54) is 30.0 Å². The minimum absolute atomic E-state index is 0.130. The predicted octanol–water partition coefficient (Wildman–Crippen LogP) is 6.34. The summed E-state index contributed by atoms with van der Waals surface area (Å²) < 4.78 is 15.0. The van der Waals surface area contributed by atoms with Crippen LogP contribution in [0, 0.1) is 5.82 Å². The second-order valence-electron chi connectivity index (χ2n) is 7.21. The van der Waals surface area contributed by atoms with Crippen LogP contribution in [0.5, 0.6) is 0 Å². The summed E-state index contributed by atoms with van der Waals surface area (Å²) in [6.45, 7) is 0.130. The lowest BCUT2D eigenvalue weighted by atomic mass is 10.2. The fraction of sp³-hybridized carbons (Fsp3) is 0.0800. The lowest BCUT2D eigenvalue weighted by Crippen LogP contribution is -2.22. The molecule has 1 N–H and O–H groups in total. The monoisotopic (exact) mass is 512 g/mol. The minimum atomic E-state index is -0.290. The van der Waals surface area contributed by atoms with Crippen LogP contribution in [0.2, 0.25) is 10.0 Å². The summed E-state index contributed by atoms with van der Waals surface area (Å²) in [6, 6.07) is 20.9. The fourth-order valence-electron chi connectivity index (χ4n) is 3.10. The third-order valence-corrected chi connectivity index (χ3v) is 6.33. The molecule has 1 amide bonds. The maximum absolute atomic E-state index is 13.2. The maximum atomic E-state index is 13.2. The van der Waals surface area contributed by atoms with E-state index in [1.807, 2.05) is 30.3 Å². The van der Waals surface area contributed by atoms with E-state index in [9.17, 15) is 9.18 Å². The smallest absolute Gasteiger partial charge is 0.244 e. The van der Waals surface area contributed by atoms with Crippen molar-refractivity contribution in [2.24, 2.45) is 0 Å². The molecule has 0 aliphatic heterocycles. The Labute approximate surface area is 210 Å². The van der Waals surface area contributed by atoms with Crippen LogP contribution in [-0.4, -0.2) is 20.7 Å². The Balaban J connectivity index is 1.55. The van der Waals surface area contributed by atoms with Crippen LogP contribution in [0.3, 0.4) is 0 Å². The van der Waals surface area contributed by atoms with Gasteiger partial charge in [0.2, 0.25) is 5.91 Å². The van der Waals surface area contributed by atoms with Crippen molar-refractivity contribution in [2.75, 3.05) is 0 Å². The molecular formula is C25H19Cl2FN4OS. The highest BCUT2D eigenvalue weighted by atomic mass is 35.5. The van der Waals surface area contributed by atoms with Crippen LogP contribution in [0.25, 0.3) is 11.8 Å². The van der Waals surface area contributed by atoms with Crippen LogP contribution in [0.15, 0.2) is 84.0 Å². The summed E-state index contributed by atoms with van der Waals surface area (Å²) in [6.07, 6.45) is 3.20. The number of nitrogens with zero attached hydrogens (tertiary/aromatic N) is 3. The second-order valence-corrected chi connectivity index (χ2v) is 8.99. The molecular weight excluding hydrogens is 494 g/mol. The Kier molecular flexibility index (Phi) is 8.00. The molecule has 4 aromatic rings. The van der Waals surface area contributed by atoms with E-state index < -0.39 is 0 Å². The van der Waals surface area contributed by atoms with Crippen molar-refractivity contribution in [2.45, 2.75) is 17.5 Å². The molecule has 1 aromatic heterocycles. The molecule has 0 unspecified atom stereocenters. The molecule has 0 aliphatic carbocycles. The third kappa shape index (κ3) is 6.26. The normalized spacial score (nSPS) is 11.1. The van der Waals surface area contributed by atoms with E-state index in [1.54, 1.807) is 41.0 Å². The maximum Gasteiger partial charge on any atom is 0.244 e. The molecule has 4 rings (SSSR count).